The van der Waals surface area contributed by atoms with Gasteiger partial charge in [0.15, 0.2) is 0 Å². The fourth-order valence-corrected chi connectivity index (χ4v) is 2.35. The third-order valence-corrected chi connectivity index (χ3v) is 3.64. The Morgan fingerprint density at radius 2 is 1.58 bits per heavy atom. The molecule has 0 N–H and O–H groups in total. The van der Waals surface area contributed by atoms with Crippen LogP contribution in [0.5, 0.6) is 5.75 Å². The lowest BCUT2D eigenvalue weighted by atomic mass is 10.1. The first-order valence-electron chi connectivity index (χ1n) is 7.96. The molecule has 0 radical (unpaired) electrons. The van der Waals surface area contributed by atoms with E-state index in [4.69, 9.17) is 4.74 Å². The molecule has 0 heterocycles. The summed E-state index contributed by atoms with van der Waals surface area (Å²) in [6, 6.07) is 8.28. The molecule has 0 saturated carbocycles. The minimum absolute atomic E-state index is 0.330. The monoisotopic (exact) mass is 262 g/mol. The summed E-state index contributed by atoms with van der Waals surface area (Å²) in [5.41, 5.74) is 1.23. The van der Waals surface area contributed by atoms with Gasteiger partial charge in [0, 0.05) is 0 Å². The summed E-state index contributed by atoms with van der Waals surface area (Å²) in [7, 11) is 0. The van der Waals surface area contributed by atoms with Crippen molar-refractivity contribution >= 4 is 0 Å². The van der Waals surface area contributed by atoms with Gasteiger partial charge in [0.1, 0.15) is 5.75 Å². The largest absolute Gasteiger partial charge is 0.490 e. The van der Waals surface area contributed by atoms with E-state index in [0.29, 0.717) is 6.10 Å². The van der Waals surface area contributed by atoms with Crippen molar-refractivity contribution in [1.29, 1.82) is 0 Å². The summed E-state index contributed by atoms with van der Waals surface area (Å²) >= 11 is 0. The van der Waals surface area contributed by atoms with Crippen LogP contribution in [-0.2, 0) is 0 Å². The van der Waals surface area contributed by atoms with Gasteiger partial charge in [-0.25, -0.2) is 0 Å². The van der Waals surface area contributed by atoms with Gasteiger partial charge in [0.2, 0.25) is 0 Å². The Hall–Kier alpha value is -0.980. The molecular weight excluding hydrogens is 232 g/mol. The molecule has 1 unspecified atom stereocenters. The average Bonchev–Trinajstić information content (AvgIpc) is 2.40. The topological polar surface area (TPSA) is 9.23 Å². The van der Waals surface area contributed by atoms with Gasteiger partial charge in [-0.15, -0.1) is 0 Å². The smallest absolute Gasteiger partial charge is 0.122 e. The molecule has 1 aromatic rings. The molecule has 0 bridgehead atoms. The molecular formula is C18H30O. The molecule has 19 heavy (non-hydrogen) atoms. The first kappa shape index (κ1) is 16.1. The molecule has 108 valence electrons. The number of unbranched alkanes of at least 4 members (excludes halogenated alkanes) is 6. The lowest BCUT2D eigenvalue weighted by Crippen LogP contribution is -2.12. The normalized spacial score (nSPS) is 12.4. The van der Waals surface area contributed by atoms with Crippen LogP contribution in [-0.4, -0.2) is 6.10 Å². The standard InChI is InChI=1S/C18H30O/c1-4-5-6-7-8-9-10-14-17(3)19-18-15-12-11-13-16(18)2/h11-13,15,17H,4-10,14H2,1-3H3. The lowest BCUT2D eigenvalue weighted by Gasteiger charge is -2.16. The molecule has 1 rings (SSSR count). The Bertz CT molecular complexity index is 332. The number of ether oxygens (including phenoxy) is 1. The molecule has 0 saturated heterocycles. The second-order valence-corrected chi connectivity index (χ2v) is 5.60. The Labute approximate surface area is 119 Å². The highest BCUT2D eigenvalue weighted by Crippen LogP contribution is 2.19. The Kier molecular flexibility index (Phi) is 8.36. The van der Waals surface area contributed by atoms with Crippen LogP contribution < -0.4 is 4.74 Å². The quantitative estimate of drug-likeness (QED) is 0.477. The van der Waals surface area contributed by atoms with E-state index in [1.165, 1.54) is 56.9 Å². The molecule has 0 aliphatic rings. The minimum Gasteiger partial charge on any atom is -0.490 e. The fraction of sp³-hybridized carbons (Fsp3) is 0.667. The predicted molar refractivity (Wildman–Crippen MR) is 83.9 cm³/mol. The highest BCUT2D eigenvalue weighted by Gasteiger charge is 2.05. The summed E-state index contributed by atoms with van der Waals surface area (Å²) < 4.78 is 5.99. The van der Waals surface area contributed by atoms with E-state index in [1.807, 2.05) is 6.07 Å². The summed E-state index contributed by atoms with van der Waals surface area (Å²) in [6.45, 7) is 6.56. The maximum absolute atomic E-state index is 5.99. The van der Waals surface area contributed by atoms with Crippen molar-refractivity contribution in [2.45, 2.75) is 78.2 Å². The highest BCUT2D eigenvalue weighted by molar-refractivity contribution is 5.31. The highest BCUT2D eigenvalue weighted by atomic mass is 16.5. The maximum Gasteiger partial charge on any atom is 0.122 e. The fourth-order valence-electron chi connectivity index (χ4n) is 2.35. The third kappa shape index (κ3) is 7.25. The van der Waals surface area contributed by atoms with Crippen LogP contribution in [0.4, 0.5) is 0 Å². The van der Waals surface area contributed by atoms with Crippen molar-refractivity contribution in [3.8, 4) is 5.75 Å². The van der Waals surface area contributed by atoms with Crippen LogP contribution >= 0.6 is 0 Å². The van der Waals surface area contributed by atoms with Gasteiger partial charge >= 0.3 is 0 Å². The summed E-state index contributed by atoms with van der Waals surface area (Å²) in [5, 5.41) is 0. The number of hydrogen-bond acceptors (Lipinski definition) is 1. The Morgan fingerprint density at radius 3 is 2.26 bits per heavy atom. The van der Waals surface area contributed by atoms with E-state index < -0.39 is 0 Å². The molecule has 0 amide bonds. The summed E-state index contributed by atoms with van der Waals surface area (Å²) in [6.07, 6.45) is 11.1. The zero-order valence-electron chi connectivity index (χ0n) is 13.0. The molecule has 0 spiro atoms. The molecule has 0 aliphatic carbocycles. The summed E-state index contributed by atoms with van der Waals surface area (Å²) in [4.78, 5) is 0. The van der Waals surface area contributed by atoms with E-state index >= 15 is 0 Å². The summed E-state index contributed by atoms with van der Waals surface area (Å²) in [5.74, 6) is 1.04. The molecule has 0 aromatic heterocycles. The Morgan fingerprint density at radius 1 is 0.947 bits per heavy atom. The number of para-hydroxylation sites is 1. The molecule has 0 fully saturated rings. The van der Waals surface area contributed by atoms with Crippen LogP contribution in [0.3, 0.4) is 0 Å². The van der Waals surface area contributed by atoms with Crippen LogP contribution in [0.15, 0.2) is 24.3 Å². The van der Waals surface area contributed by atoms with Crippen molar-refractivity contribution in [2.75, 3.05) is 0 Å². The van der Waals surface area contributed by atoms with E-state index in [1.54, 1.807) is 0 Å². The van der Waals surface area contributed by atoms with Gasteiger partial charge in [-0.3, -0.25) is 0 Å². The second-order valence-electron chi connectivity index (χ2n) is 5.60. The van der Waals surface area contributed by atoms with E-state index in [2.05, 4.69) is 39.0 Å². The number of rotatable bonds is 10. The van der Waals surface area contributed by atoms with E-state index in [9.17, 15) is 0 Å². The van der Waals surface area contributed by atoms with Gasteiger partial charge in [0.05, 0.1) is 6.10 Å². The average molecular weight is 262 g/mol. The number of aryl methyl sites for hydroxylation is 1. The van der Waals surface area contributed by atoms with E-state index in [-0.39, 0.29) is 0 Å². The van der Waals surface area contributed by atoms with Crippen molar-refractivity contribution < 1.29 is 4.74 Å². The first-order valence-corrected chi connectivity index (χ1v) is 7.96. The molecule has 1 aromatic carbocycles. The lowest BCUT2D eigenvalue weighted by molar-refractivity contribution is 0.205. The van der Waals surface area contributed by atoms with Gasteiger partial charge in [-0.1, -0.05) is 63.6 Å². The zero-order valence-corrected chi connectivity index (χ0v) is 13.0. The van der Waals surface area contributed by atoms with Crippen LogP contribution in [0.2, 0.25) is 0 Å². The van der Waals surface area contributed by atoms with Crippen LogP contribution in [0, 0.1) is 6.92 Å². The molecule has 0 aliphatic heterocycles. The minimum atomic E-state index is 0.330. The van der Waals surface area contributed by atoms with Crippen molar-refractivity contribution in [2.24, 2.45) is 0 Å². The van der Waals surface area contributed by atoms with Crippen molar-refractivity contribution in [3.63, 3.8) is 0 Å². The maximum atomic E-state index is 5.99. The van der Waals surface area contributed by atoms with Gasteiger partial charge in [-0.2, -0.15) is 0 Å². The van der Waals surface area contributed by atoms with Crippen LogP contribution in [0.1, 0.15) is 70.8 Å². The van der Waals surface area contributed by atoms with Gasteiger partial charge in [-0.05, 0) is 38.3 Å². The van der Waals surface area contributed by atoms with Crippen molar-refractivity contribution in [1.82, 2.24) is 0 Å². The molecule has 1 atom stereocenters. The number of benzene rings is 1. The van der Waals surface area contributed by atoms with Crippen molar-refractivity contribution in [3.05, 3.63) is 29.8 Å². The zero-order chi connectivity index (χ0) is 13.9. The second kappa shape index (κ2) is 9.89. The SMILES string of the molecule is CCCCCCCCCC(C)Oc1ccccc1C. The van der Waals surface area contributed by atoms with Gasteiger partial charge < -0.3 is 4.74 Å². The molecule has 1 nitrogen and oxygen atoms in total. The van der Waals surface area contributed by atoms with E-state index in [0.717, 1.165) is 5.75 Å². The predicted octanol–water partition coefficient (Wildman–Crippen LogP) is 5.90. The molecule has 1 heteroatoms. The third-order valence-electron chi connectivity index (χ3n) is 3.64. The van der Waals surface area contributed by atoms with Gasteiger partial charge in [0.25, 0.3) is 0 Å². The Balaban J connectivity index is 2.08. The first-order chi connectivity index (χ1) is 9.24. The van der Waals surface area contributed by atoms with Crippen LogP contribution in [0.25, 0.3) is 0 Å². The number of hydrogen-bond donors (Lipinski definition) is 0.